The number of nitrogens with one attached hydrogen (secondary N) is 1. The molecule has 29 heavy (non-hydrogen) atoms. The summed E-state index contributed by atoms with van der Waals surface area (Å²) >= 11 is 0. The van der Waals surface area contributed by atoms with Crippen LogP contribution in [0, 0.1) is 0 Å². The zero-order chi connectivity index (χ0) is 20.2. The highest BCUT2D eigenvalue weighted by molar-refractivity contribution is 6.16. The minimum absolute atomic E-state index is 0.160. The van der Waals surface area contributed by atoms with E-state index >= 15 is 0 Å². The highest BCUT2D eigenvalue weighted by Gasteiger charge is 2.29. The molecule has 8 heteroatoms. The van der Waals surface area contributed by atoms with Gasteiger partial charge in [0.2, 0.25) is 11.8 Å². The Morgan fingerprint density at radius 1 is 1.21 bits per heavy atom. The molecule has 4 rings (SSSR count). The van der Waals surface area contributed by atoms with Crippen molar-refractivity contribution in [1.82, 2.24) is 20.6 Å². The van der Waals surface area contributed by atoms with Crippen LogP contribution in [0.15, 0.2) is 48.5 Å². The average molecular weight is 391 g/mol. The molecule has 2 aromatic carbocycles. The van der Waals surface area contributed by atoms with Crippen LogP contribution in [0.3, 0.4) is 0 Å². The maximum Gasteiger partial charge on any atom is 0.234 e. The molecule has 3 aromatic rings. The van der Waals surface area contributed by atoms with Crippen molar-refractivity contribution >= 4 is 17.5 Å². The molecule has 0 spiro atoms. The topological polar surface area (TPSA) is 101 Å². The Morgan fingerprint density at radius 3 is 2.76 bits per heavy atom. The Morgan fingerprint density at radius 2 is 2.03 bits per heavy atom. The molecule has 1 aliphatic heterocycles. The van der Waals surface area contributed by atoms with Crippen molar-refractivity contribution in [3.63, 3.8) is 0 Å². The number of anilines is 1. The number of ether oxygens (including phenoxy) is 1. The number of benzene rings is 2. The van der Waals surface area contributed by atoms with Crippen molar-refractivity contribution in [2.24, 2.45) is 0 Å². The molecule has 1 unspecified atom stereocenters. The van der Waals surface area contributed by atoms with Crippen LogP contribution in [0.5, 0.6) is 5.75 Å². The molecule has 1 aromatic heterocycles. The summed E-state index contributed by atoms with van der Waals surface area (Å²) in [6, 6.07) is 15.4. The number of carbonyl (C=O) groups is 2. The largest absolute Gasteiger partial charge is 0.482 e. The molecule has 1 N–H and O–H groups in total. The van der Waals surface area contributed by atoms with Gasteiger partial charge in [-0.2, -0.15) is 0 Å². The lowest BCUT2D eigenvalue weighted by atomic mass is 10.00. The van der Waals surface area contributed by atoms with E-state index in [-0.39, 0.29) is 18.2 Å². The van der Waals surface area contributed by atoms with Crippen LogP contribution in [0.4, 0.5) is 5.69 Å². The van der Waals surface area contributed by atoms with Gasteiger partial charge < -0.3 is 4.74 Å². The van der Waals surface area contributed by atoms with Crippen molar-refractivity contribution in [3.8, 4) is 5.75 Å². The molecule has 1 aliphatic rings. The summed E-state index contributed by atoms with van der Waals surface area (Å²) in [6.45, 7) is 1.75. The van der Waals surface area contributed by atoms with Crippen molar-refractivity contribution in [3.05, 3.63) is 65.5 Å². The van der Waals surface area contributed by atoms with Gasteiger partial charge >= 0.3 is 0 Å². The molecule has 0 aliphatic carbocycles. The molecule has 0 fully saturated rings. The van der Waals surface area contributed by atoms with Crippen LogP contribution in [-0.2, 0) is 22.4 Å². The number of aryl methyl sites for hydroxylation is 1. The Balaban J connectivity index is 1.60. The minimum atomic E-state index is -0.399. The number of aromatic amines is 1. The quantitative estimate of drug-likeness (QED) is 0.693. The van der Waals surface area contributed by atoms with Crippen LogP contribution in [0.1, 0.15) is 42.8 Å². The fourth-order valence-electron chi connectivity index (χ4n) is 3.46. The van der Waals surface area contributed by atoms with Crippen molar-refractivity contribution in [1.29, 1.82) is 0 Å². The number of hydrogen-bond acceptors (Lipinski definition) is 6. The third kappa shape index (κ3) is 4.01. The fraction of sp³-hybridized carbons (Fsp3) is 0.286. The van der Waals surface area contributed by atoms with Gasteiger partial charge in [0.25, 0.3) is 0 Å². The molecule has 0 saturated heterocycles. The number of carbonyl (C=O) groups excluding carboxylic acids is 2. The SMILES string of the molecule is CCC(=O)N1C(=O)CCc2cc(OC(Cc3ccccc3)c3nnn[nH]3)ccc21. The summed E-state index contributed by atoms with van der Waals surface area (Å²) in [4.78, 5) is 25.7. The van der Waals surface area contributed by atoms with Gasteiger partial charge in [-0.05, 0) is 46.2 Å². The average Bonchev–Trinajstić information content (AvgIpc) is 3.28. The Kier molecular flexibility index (Phi) is 5.33. The second kappa shape index (κ2) is 8.22. The zero-order valence-corrected chi connectivity index (χ0v) is 16.0. The molecule has 0 bridgehead atoms. The van der Waals surface area contributed by atoms with Crippen LogP contribution >= 0.6 is 0 Å². The number of fused-ring (bicyclic) bond motifs is 1. The highest BCUT2D eigenvalue weighted by atomic mass is 16.5. The number of hydrogen-bond donors (Lipinski definition) is 1. The predicted molar refractivity (Wildman–Crippen MR) is 105 cm³/mol. The number of nitrogens with zero attached hydrogens (tertiary/aromatic N) is 4. The second-order valence-corrected chi connectivity index (χ2v) is 6.85. The summed E-state index contributed by atoms with van der Waals surface area (Å²) in [6.07, 6.45) is 1.35. The molecule has 2 heterocycles. The van der Waals surface area contributed by atoms with Gasteiger partial charge in [-0.25, -0.2) is 5.10 Å². The number of tetrazole rings is 1. The van der Waals surface area contributed by atoms with Gasteiger partial charge in [0.05, 0.1) is 5.69 Å². The Labute approximate surface area is 167 Å². The summed E-state index contributed by atoms with van der Waals surface area (Å²) in [5.74, 6) is 0.816. The maximum absolute atomic E-state index is 12.2. The summed E-state index contributed by atoms with van der Waals surface area (Å²) in [7, 11) is 0. The first-order chi connectivity index (χ1) is 14.2. The standard InChI is InChI=1S/C21H21N5O3/c1-2-19(27)26-17-10-9-16(13-15(17)8-11-20(26)28)29-18(21-22-24-25-23-21)12-14-6-4-3-5-7-14/h3-7,9-10,13,18H,2,8,11-12H2,1H3,(H,22,23,24,25). The number of imide groups is 1. The monoisotopic (exact) mass is 391 g/mol. The number of rotatable bonds is 6. The zero-order valence-electron chi connectivity index (χ0n) is 16.0. The Bertz CT molecular complexity index is 1000. The lowest BCUT2D eigenvalue weighted by molar-refractivity contribution is -0.126. The third-order valence-electron chi connectivity index (χ3n) is 4.91. The second-order valence-electron chi connectivity index (χ2n) is 6.85. The smallest absolute Gasteiger partial charge is 0.234 e. The minimum Gasteiger partial charge on any atom is -0.482 e. The summed E-state index contributed by atoms with van der Waals surface area (Å²) in [5.41, 5.74) is 2.65. The molecule has 148 valence electrons. The first-order valence-electron chi connectivity index (χ1n) is 9.58. The molecule has 0 radical (unpaired) electrons. The van der Waals surface area contributed by atoms with Gasteiger partial charge in [0.15, 0.2) is 11.9 Å². The normalized spacial score (nSPS) is 14.4. The van der Waals surface area contributed by atoms with Crippen molar-refractivity contribution < 1.29 is 14.3 Å². The molecule has 1 atom stereocenters. The predicted octanol–water partition coefficient (Wildman–Crippen LogP) is 2.78. The number of amides is 2. The van der Waals surface area contributed by atoms with E-state index in [2.05, 4.69) is 20.6 Å². The lowest BCUT2D eigenvalue weighted by Gasteiger charge is -2.28. The fourth-order valence-corrected chi connectivity index (χ4v) is 3.46. The van der Waals surface area contributed by atoms with E-state index in [0.29, 0.717) is 36.5 Å². The van der Waals surface area contributed by atoms with E-state index in [1.165, 1.54) is 4.90 Å². The van der Waals surface area contributed by atoms with Crippen LogP contribution in [0.2, 0.25) is 0 Å². The Hall–Kier alpha value is -3.55. The van der Waals surface area contributed by atoms with Crippen LogP contribution < -0.4 is 9.64 Å². The van der Waals surface area contributed by atoms with Gasteiger partial charge in [-0.15, -0.1) is 5.10 Å². The number of H-pyrrole nitrogens is 1. The van der Waals surface area contributed by atoms with Crippen LogP contribution in [-0.4, -0.2) is 32.4 Å². The highest BCUT2D eigenvalue weighted by Crippen LogP contribution is 2.33. The lowest BCUT2D eigenvalue weighted by Crippen LogP contribution is -2.39. The first kappa shape index (κ1) is 18.8. The van der Waals surface area contributed by atoms with Gasteiger partial charge in [0, 0.05) is 19.3 Å². The molecular formula is C21H21N5O3. The van der Waals surface area contributed by atoms with Crippen LogP contribution in [0.25, 0.3) is 0 Å². The maximum atomic E-state index is 12.2. The molecule has 2 amide bonds. The first-order valence-corrected chi connectivity index (χ1v) is 9.58. The number of aromatic nitrogens is 4. The molecular weight excluding hydrogens is 370 g/mol. The van der Waals surface area contributed by atoms with Crippen molar-refractivity contribution in [2.45, 2.75) is 38.7 Å². The third-order valence-corrected chi connectivity index (χ3v) is 4.91. The summed E-state index contributed by atoms with van der Waals surface area (Å²) in [5, 5.41) is 14.1. The van der Waals surface area contributed by atoms with Crippen molar-refractivity contribution in [2.75, 3.05) is 4.90 Å². The van der Waals surface area contributed by atoms with E-state index in [0.717, 1.165) is 11.1 Å². The van der Waals surface area contributed by atoms with E-state index in [4.69, 9.17) is 4.74 Å². The van der Waals surface area contributed by atoms with Gasteiger partial charge in [-0.1, -0.05) is 37.3 Å². The van der Waals surface area contributed by atoms with E-state index in [1.807, 2.05) is 36.4 Å². The van der Waals surface area contributed by atoms with Gasteiger partial charge in [0.1, 0.15) is 5.75 Å². The molecule has 8 nitrogen and oxygen atoms in total. The van der Waals surface area contributed by atoms with Gasteiger partial charge in [-0.3, -0.25) is 14.5 Å². The molecule has 0 saturated carbocycles. The van der Waals surface area contributed by atoms with E-state index < -0.39 is 6.10 Å². The van der Waals surface area contributed by atoms with E-state index in [9.17, 15) is 9.59 Å². The van der Waals surface area contributed by atoms with E-state index in [1.54, 1.807) is 19.1 Å². The summed E-state index contributed by atoms with van der Waals surface area (Å²) < 4.78 is 6.22.